The molecule has 1 aliphatic heterocycles. The van der Waals surface area contributed by atoms with Crippen molar-refractivity contribution < 1.29 is 9.59 Å². The zero-order valence-corrected chi connectivity index (χ0v) is 16.7. The maximum absolute atomic E-state index is 12.8. The van der Waals surface area contributed by atoms with Gasteiger partial charge in [0.2, 0.25) is 11.8 Å². The molecule has 28 heavy (non-hydrogen) atoms. The minimum Gasteiger partial charge on any atom is -0.368 e. The second kappa shape index (κ2) is 7.84. The first-order valence-corrected chi connectivity index (χ1v) is 10.1. The fraction of sp³-hybridized carbons (Fsp3) is 0.364. The van der Waals surface area contributed by atoms with Gasteiger partial charge in [-0.15, -0.1) is 0 Å². The van der Waals surface area contributed by atoms with Gasteiger partial charge in [-0.3, -0.25) is 9.59 Å². The Morgan fingerprint density at radius 2 is 1.71 bits per heavy atom. The van der Waals surface area contributed by atoms with Crippen LogP contribution in [0.3, 0.4) is 0 Å². The highest BCUT2D eigenvalue weighted by atomic mass is 35.5. The molecule has 5 nitrogen and oxygen atoms in total. The number of nitrogens with zero attached hydrogens (tertiary/aromatic N) is 2. The van der Waals surface area contributed by atoms with Crippen molar-refractivity contribution in [1.82, 2.24) is 4.90 Å². The monoisotopic (exact) mass is 397 g/mol. The number of carbonyl (C=O) groups excluding carboxylic acids is 2. The number of aryl methyl sites for hydroxylation is 1. The summed E-state index contributed by atoms with van der Waals surface area (Å²) < 4.78 is 0. The number of halogens is 1. The van der Waals surface area contributed by atoms with E-state index in [2.05, 4.69) is 41.4 Å². The molecule has 6 heteroatoms. The highest BCUT2D eigenvalue weighted by molar-refractivity contribution is 6.30. The van der Waals surface area contributed by atoms with E-state index in [1.807, 2.05) is 4.90 Å². The molecule has 0 bridgehead atoms. The van der Waals surface area contributed by atoms with Crippen LogP contribution in [0.4, 0.5) is 11.4 Å². The number of amides is 2. The number of anilines is 2. The predicted molar refractivity (Wildman–Crippen MR) is 112 cm³/mol. The van der Waals surface area contributed by atoms with Crippen LogP contribution in [-0.4, -0.2) is 42.9 Å². The van der Waals surface area contributed by atoms with Gasteiger partial charge in [0.25, 0.3) is 0 Å². The lowest BCUT2D eigenvalue weighted by Gasteiger charge is -2.36. The predicted octanol–water partition coefficient (Wildman–Crippen LogP) is 3.57. The third-order valence-electron chi connectivity index (χ3n) is 5.51. The molecule has 0 radical (unpaired) electrons. The fourth-order valence-corrected chi connectivity index (χ4v) is 3.90. The van der Waals surface area contributed by atoms with Gasteiger partial charge in [0.05, 0.1) is 11.8 Å². The molecule has 0 aromatic heterocycles. The van der Waals surface area contributed by atoms with E-state index in [-0.39, 0.29) is 23.7 Å². The lowest BCUT2D eigenvalue weighted by Crippen LogP contribution is -2.49. The summed E-state index contributed by atoms with van der Waals surface area (Å²) in [5.41, 5.74) is 3.15. The van der Waals surface area contributed by atoms with E-state index in [1.54, 1.807) is 24.3 Å². The molecule has 1 heterocycles. The molecule has 4 rings (SSSR count). The molecule has 2 aromatic rings. The Labute approximate surface area is 170 Å². The van der Waals surface area contributed by atoms with Gasteiger partial charge in [-0.05, 0) is 55.3 Å². The molecule has 1 saturated carbocycles. The van der Waals surface area contributed by atoms with Crippen molar-refractivity contribution in [3.05, 3.63) is 59.1 Å². The zero-order valence-electron chi connectivity index (χ0n) is 15.9. The number of hydrogen-bond acceptors (Lipinski definition) is 3. The standard InChI is InChI=1S/C22H24ClN3O2/c1-15-3-2-4-18(13-15)25-9-11-26(12-10-25)22(28)20-14-19(20)21(27)24-17-7-5-16(23)6-8-17/h2-8,13,19-20H,9-12,14H2,1H3,(H,24,27). The van der Waals surface area contributed by atoms with E-state index >= 15 is 0 Å². The Balaban J connectivity index is 1.28. The van der Waals surface area contributed by atoms with Crippen LogP contribution in [0.15, 0.2) is 48.5 Å². The van der Waals surface area contributed by atoms with Crippen molar-refractivity contribution in [2.45, 2.75) is 13.3 Å². The lowest BCUT2D eigenvalue weighted by molar-refractivity contribution is -0.134. The molecule has 2 fully saturated rings. The van der Waals surface area contributed by atoms with Crippen LogP contribution in [0.1, 0.15) is 12.0 Å². The molecule has 0 spiro atoms. The largest absolute Gasteiger partial charge is 0.368 e. The van der Waals surface area contributed by atoms with Gasteiger partial charge >= 0.3 is 0 Å². The molecule has 2 aliphatic rings. The average molecular weight is 398 g/mol. The molecular weight excluding hydrogens is 374 g/mol. The van der Waals surface area contributed by atoms with E-state index in [1.165, 1.54) is 11.3 Å². The average Bonchev–Trinajstić information content (AvgIpc) is 3.50. The topological polar surface area (TPSA) is 52.7 Å². The Morgan fingerprint density at radius 3 is 2.39 bits per heavy atom. The Morgan fingerprint density at radius 1 is 1.00 bits per heavy atom. The first-order valence-electron chi connectivity index (χ1n) is 9.68. The number of benzene rings is 2. The molecule has 2 unspecified atom stereocenters. The fourth-order valence-electron chi connectivity index (χ4n) is 3.77. The highest BCUT2D eigenvalue weighted by Crippen LogP contribution is 2.41. The van der Waals surface area contributed by atoms with Crippen LogP contribution in [0.5, 0.6) is 0 Å². The van der Waals surface area contributed by atoms with Crippen molar-refractivity contribution in [2.75, 3.05) is 36.4 Å². The van der Waals surface area contributed by atoms with Crippen LogP contribution < -0.4 is 10.2 Å². The highest BCUT2D eigenvalue weighted by Gasteiger charge is 2.49. The molecule has 2 amide bonds. The quantitative estimate of drug-likeness (QED) is 0.858. The second-order valence-corrected chi connectivity index (χ2v) is 8.03. The van der Waals surface area contributed by atoms with Crippen molar-refractivity contribution in [2.24, 2.45) is 11.8 Å². The van der Waals surface area contributed by atoms with Crippen LogP contribution in [0.2, 0.25) is 5.02 Å². The Hall–Kier alpha value is -2.53. The summed E-state index contributed by atoms with van der Waals surface area (Å²) in [5, 5.41) is 3.50. The van der Waals surface area contributed by atoms with E-state index in [0.717, 1.165) is 13.1 Å². The van der Waals surface area contributed by atoms with E-state index in [9.17, 15) is 9.59 Å². The summed E-state index contributed by atoms with van der Waals surface area (Å²) in [6, 6.07) is 15.5. The van der Waals surface area contributed by atoms with Gasteiger partial charge in [-0.2, -0.15) is 0 Å². The van der Waals surface area contributed by atoms with Gasteiger partial charge in [-0.25, -0.2) is 0 Å². The van der Waals surface area contributed by atoms with Crippen LogP contribution in [-0.2, 0) is 9.59 Å². The minimum absolute atomic E-state index is 0.0842. The third kappa shape index (κ3) is 4.14. The van der Waals surface area contributed by atoms with Crippen LogP contribution >= 0.6 is 11.6 Å². The number of carbonyl (C=O) groups is 2. The number of rotatable bonds is 4. The van der Waals surface area contributed by atoms with Gasteiger partial charge in [-0.1, -0.05) is 23.7 Å². The molecule has 146 valence electrons. The van der Waals surface area contributed by atoms with Gasteiger partial charge in [0.15, 0.2) is 0 Å². The molecule has 2 aromatic carbocycles. The van der Waals surface area contributed by atoms with Crippen molar-refractivity contribution >= 4 is 34.8 Å². The Bertz CT molecular complexity index is 876. The molecular formula is C22H24ClN3O2. The summed E-state index contributed by atoms with van der Waals surface area (Å²) in [7, 11) is 0. The van der Waals surface area contributed by atoms with Crippen LogP contribution in [0, 0.1) is 18.8 Å². The van der Waals surface area contributed by atoms with Crippen molar-refractivity contribution in [1.29, 1.82) is 0 Å². The number of piperazine rings is 1. The van der Waals surface area contributed by atoms with Crippen LogP contribution in [0.25, 0.3) is 0 Å². The summed E-state index contributed by atoms with van der Waals surface area (Å²) in [4.78, 5) is 29.4. The first kappa shape index (κ1) is 18.8. The Kier molecular flexibility index (Phi) is 5.27. The molecule has 1 N–H and O–H groups in total. The minimum atomic E-state index is -0.224. The number of hydrogen-bond donors (Lipinski definition) is 1. The summed E-state index contributed by atoms with van der Waals surface area (Å²) in [6.45, 7) is 5.14. The lowest BCUT2D eigenvalue weighted by atomic mass is 10.2. The maximum atomic E-state index is 12.8. The van der Waals surface area contributed by atoms with E-state index in [0.29, 0.717) is 30.2 Å². The summed E-state index contributed by atoms with van der Waals surface area (Å²) >= 11 is 5.86. The molecule has 2 atom stereocenters. The molecule has 1 aliphatic carbocycles. The van der Waals surface area contributed by atoms with Crippen molar-refractivity contribution in [3.63, 3.8) is 0 Å². The number of nitrogens with one attached hydrogen (secondary N) is 1. The van der Waals surface area contributed by atoms with Crippen molar-refractivity contribution in [3.8, 4) is 0 Å². The maximum Gasteiger partial charge on any atom is 0.228 e. The summed E-state index contributed by atoms with van der Waals surface area (Å²) in [6.07, 6.45) is 0.635. The first-order chi connectivity index (χ1) is 13.5. The van der Waals surface area contributed by atoms with Gasteiger partial charge < -0.3 is 15.1 Å². The normalized spacial score (nSPS) is 21.4. The summed E-state index contributed by atoms with van der Waals surface area (Å²) in [5.74, 6) is -0.380. The van der Waals surface area contributed by atoms with Gasteiger partial charge in [0.1, 0.15) is 0 Å². The molecule has 1 saturated heterocycles. The van der Waals surface area contributed by atoms with E-state index in [4.69, 9.17) is 11.6 Å². The zero-order chi connectivity index (χ0) is 19.7. The third-order valence-corrected chi connectivity index (χ3v) is 5.77. The van der Waals surface area contributed by atoms with Gasteiger partial charge in [0, 0.05) is 42.6 Å². The SMILES string of the molecule is Cc1cccc(N2CCN(C(=O)C3CC3C(=O)Nc3ccc(Cl)cc3)CC2)c1. The van der Waals surface area contributed by atoms with E-state index < -0.39 is 0 Å². The smallest absolute Gasteiger partial charge is 0.228 e. The second-order valence-electron chi connectivity index (χ2n) is 7.60.